The van der Waals surface area contributed by atoms with Gasteiger partial charge in [-0.1, -0.05) is 83.8 Å². The van der Waals surface area contributed by atoms with Crippen molar-refractivity contribution < 1.29 is 27.8 Å². The van der Waals surface area contributed by atoms with E-state index in [-0.39, 0.29) is 11.3 Å². The molecule has 3 rings (SSSR count). The summed E-state index contributed by atoms with van der Waals surface area (Å²) >= 11 is 0. The number of unbranched alkanes of at least 4 members (excludes halogenated alkanes) is 9. The van der Waals surface area contributed by atoms with Crippen LogP contribution in [0.2, 0.25) is 0 Å². The third-order valence-corrected chi connectivity index (χ3v) is 6.78. The van der Waals surface area contributed by atoms with Crippen molar-refractivity contribution in [1.29, 1.82) is 0 Å². The third kappa shape index (κ3) is 9.96. The van der Waals surface area contributed by atoms with Gasteiger partial charge in [-0.15, -0.1) is 0 Å². The van der Waals surface area contributed by atoms with Crippen molar-refractivity contribution in [2.45, 2.75) is 84.5 Å². The highest BCUT2D eigenvalue weighted by Gasteiger charge is 2.17. The molecule has 3 aromatic rings. The van der Waals surface area contributed by atoms with Gasteiger partial charge >= 0.3 is 5.97 Å². The van der Waals surface area contributed by atoms with Crippen molar-refractivity contribution in [3.05, 3.63) is 77.9 Å². The van der Waals surface area contributed by atoms with Crippen LogP contribution in [0.3, 0.4) is 0 Å². The normalized spacial score (nSPS) is 10.9. The molecule has 0 saturated heterocycles. The second-order valence-electron chi connectivity index (χ2n) is 10.1. The molecule has 0 spiro atoms. The van der Waals surface area contributed by atoms with Crippen LogP contribution in [0.25, 0.3) is 11.1 Å². The van der Waals surface area contributed by atoms with E-state index in [4.69, 9.17) is 14.2 Å². The monoisotopic (exact) mass is 552 g/mol. The Morgan fingerprint density at radius 3 is 1.77 bits per heavy atom. The number of ether oxygens (including phenoxy) is 3. The van der Waals surface area contributed by atoms with Gasteiger partial charge in [0.25, 0.3) is 0 Å². The van der Waals surface area contributed by atoms with Crippen LogP contribution in [-0.2, 0) is 0 Å². The maximum atomic E-state index is 14.8. The van der Waals surface area contributed by atoms with E-state index in [1.165, 1.54) is 62.8 Å². The standard InChI is InChI=1S/C34H42F2O4/c1-3-5-7-9-11-13-25-39-31-23-22-30(32(35)33(31)36)26-14-16-27(17-15-26)34(37)40-29-20-18-28(19-21-29)38-24-12-10-8-6-4-2/h14-23H,3-13,24-25H2,1-2H3. The molecule has 0 heterocycles. The first-order chi connectivity index (χ1) is 19.5. The number of carbonyl (C=O) groups excluding carboxylic acids is 1. The molecule has 0 atom stereocenters. The average molecular weight is 553 g/mol. The lowest BCUT2D eigenvalue weighted by atomic mass is 10.0. The summed E-state index contributed by atoms with van der Waals surface area (Å²) in [7, 11) is 0. The zero-order valence-corrected chi connectivity index (χ0v) is 23.9. The first-order valence-electron chi connectivity index (χ1n) is 14.7. The summed E-state index contributed by atoms with van der Waals surface area (Å²) in [4.78, 5) is 12.6. The predicted molar refractivity (Wildman–Crippen MR) is 156 cm³/mol. The predicted octanol–water partition coefficient (Wildman–Crippen LogP) is 9.94. The van der Waals surface area contributed by atoms with Crippen LogP contribution in [0.5, 0.6) is 17.2 Å². The highest BCUT2D eigenvalue weighted by molar-refractivity contribution is 5.91. The largest absolute Gasteiger partial charge is 0.494 e. The first-order valence-corrected chi connectivity index (χ1v) is 14.7. The van der Waals surface area contributed by atoms with Crippen molar-refractivity contribution in [3.63, 3.8) is 0 Å². The third-order valence-electron chi connectivity index (χ3n) is 6.78. The number of carbonyl (C=O) groups is 1. The SMILES string of the molecule is CCCCCCCCOc1ccc(-c2ccc(C(=O)Oc3ccc(OCCCCCCC)cc3)cc2)c(F)c1F. The van der Waals surface area contributed by atoms with Crippen LogP contribution in [0.15, 0.2) is 60.7 Å². The van der Waals surface area contributed by atoms with E-state index < -0.39 is 17.6 Å². The van der Waals surface area contributed by atoms with Crippen LogP contribution < -0.4 is 14.2 Å². The molecule has 0 saturated carbocycles. The molecule has 3 aromatic carbocycles. The van der Waals surface area contributed by atoms with Crippen LogP contribution in [0.1, 0.15) is 94.8 Å². The van der Waals surface area contributed by atoms with Crippen LogP contribution >= 0.6 is 0 Å². The molecule has 0 unspecified atom stereocenters. The number of benzene rings is 3. The minimum atomic E-state index is -1.00. The van der Waals surface area contributed by atoms with Crippen molar-refractivity contribution in [1.82, 2.24) is 0 Å². The van der Waals surface area contributed by atoms with E-state index in [0.29, 0.717) is 30.1 Å². The minimum absolute atomic E-state index is 0.0848. The van der Waals surface area contributed by atoms with Gasteiger partial charge in [0.15, 0.2) is 11.6 Å². The number of rotatable bonds is 18. The number of hydrogen-bond acceptors (Lipinski definition) is 4. The van der Waals surface area contributed by atoms with E-state index in [9.17, 15) is 13.6 Å². The lowest BCUT2D eigenvalue weighted by Gasteiger charge is -2.11. The minimum Gasteiger partial charge on any atom is -0.494 e. The Balaban J connectivity index is 1.50. The Labute approximate surface area is 237 Å². The summed E-state index contributed by atoms with van der Waals surface area (Å²) in [6, 6.07) is 16.1. The Hall–Kier alpha value is -3.41. The number of hydrogen-bond donors (Lipinski definition) is 0. The van der Waals surface area contributed by atoms with Gasteiger partial charge in [-0.3, -0.25) is 0 Å². The Morgan fingerprint density at radius 2 is 1.15 bits per heavy atom. The van der Waals surface area contributed by atoms with E-state index in [2.05, 4.69) is 13.8 Å². The molecule has 40 heavy (non-hydrogen) atoms. The summed E-state index contributed by atoms with van der Waals surface area (Å²) in [6.45, 7) is 5.37. The van der Waals surface area contributed by atoms with Crippen molar-refractivity contribution in [3.8, 4) is 28.4 Å². The lowest BCUT2D eigenvalue weighted by molar-refractivity contribution is 0.0734. The summed E-state index contributed by atoms with van der Waals surface area (Å²) in [5.74, 6) is -1.48. The molecule has 0 aliphatic rings. The molecular formula is C34H42F2O4. The Bertz CT molecular complexity index is 1160. The van der Waals surface area contributed by atoms with Gasteiger partial charge in [-0.25, -0.2) is 9.18 Å². The van der Waals surface area contributed by atoms with Gasteiger partial charge in [0, 0.05) is 5.56 Å². The molecule has 0 aromatic heterocycles. The summed E-state index contributed by atoms with van der Waals surface area (Å²) in [5.41, 5.74) is 0.854. The summed E-state index contributed by atoms with van der Waals surface area (Å²) in [5, 5.41) is 0. The fraction of sp³-hybridized carbons (Fsp3) is 0.441. The Morgan fingerprint density at radius 1 is 0.600 bits per heavy atom. The second kappa shape index (κ2) is 17.3. The zero-order valence-electron chi connectivity index (χ0n) is 23.9. The maximum Gasteiger partial charge on any atom is 0.343 e. The second-order valence-corrected chi connectivity index (χ2v) is 10.1. The highest BCUT2D eigenvalue weighted by Crippen LogP contribution is 2.30. The van der Waals surface area contributed by atoms with Crippen LogP contribution in [0, 0.1) is 11.6 Å². The maximum absolute atomic E-state index is 14.8. The molecule has 0 bridgehead atoms. The molecule has 0 N–H and O–H groups in total. The Kier molecular flexibility index (Phi) is 13.5. The molecule has 0 radical (unpaired) electrons. The zero-order chi connectivity index (χ0) is 28.6. The van der Waals surface area contributed by atoms with Gasteiger partial charge in [0.1, 0.15) is 11.5 Å². The van der Waals surface area contributed by atoms with Gasteiger partial charge in [0.2, 0.25) is 5.82 Å². The number of halogens is 2. The van der Waals surface area contributed by atoms with Crippen molar-refractivity contribution >= 4 is 5.97 Å². The lowest BCUT2D eigenvalue weighted by Crippen LogP contribution is -2.08. The van der Waals surface area contributed by atoms with Crippen LogP contribution in [-0.4, -0.2) is 19.2 Å². The van der Waals surface area contributed by atoms with E-state index in [1.54, 1.807) is 36.4 Å². The van der Waals surface area contributed by atoms with Crippen molar-refractivity contribution in [2.75, 3.05) is 13.2 Å². The van der Waals surface area contributed by atoms with Gasteiger partial charge < -0.3 is 14.2 Å². The van der Waals surface area contributed by atoms with Gasteiger partial charge in [0.05, 0.1) is 18.8 Å². The molecule has 0 aliphatic carbocycles. The van der Waals surface area contributed by atoms with Crippen molar-refractivity contribution in [2.24, 2.45) is 0 Å². The molecule has 0 amide bonds. The van der Waals surface area contributed by atoms with Crippen LogP contribution in [0.4, 0.5) is 8.78 Å². The fourth-order valence-corrected chi connectivity index (χ4v) is 4.38. The average Bonchev–Trinajstić information content (AvgIpc) is 2.97. The molecular weight excluding hydrogens is 510 g/mol. The fourth-order valence-electron chi connectivity index (χ4n) is 4.38. The van der Waals surface area contributed by atoms with E-state index >= 15 is 0 Å². The van der Waals surface area contributed by atoms with E-state index in [0.717, 1.165) is 37.9 Å². The molecule has 0 fully saturated rings. The quantitative estimate of drug-likeness (QED) is 0.0895. The molecule has 0 aliphatic heterocycles. The molecule has 4 nitrogen and oxygen atoms in total. The highest BCUT2D eigenvalue weighted by atomic mass is 19.2. The molecule has 216 valence electrons. The molecule has 6 heteroatoms. The van der Waals surface area contributed by atoms with Gasteiger partial charge in [-0.05, 0) is 66.9 Å². The summed E-state index contributed by atoms with van der Waals surface area (Å²) < 4.78 is 46.2. The van der Waals surface area contributed by atoms with Gasteiger partial charge in [-0.2, -0.15) is 4.39 Å². The number of esters is 1. The first kappa shape index (κ1) is 31.1. The summed E-state index contributed by atoms with van der Waals surface area (Å²) in [6.07, 6.45) is 12.4. The smallest absolute Gasteiger partial charge is 0.343 e. The van der Waals surface area contributed by atoms with E-state index in [1.807, 2.05) is 0 Å². The topological polar surface area (TPSA) is 44.8 Å².